The van der Waals surface area contributed by atoms with Crippen LogP contribution in [0, 0.1) is 5.92 Å². The van der Waals surface area contributed by atoms with Crippen molar-refractivity contribution in [1.82, 2.24) is 4.90 Å². The van der Waals surface area contributed by atoms with Gasteiger partial charge in [0.05, 0.1) is 6.61 Å². The molecule has 0 saturated heterocycles. The minimum absolute atomic E-state index is 0.182. The first-order chi connectivity index (χ1) is 6.65. The van der Waals surface area contributed by atoms with Gasteiger partial charge in [-0.05, 0) is 5.92 Å². The van der Waals surface area contributed by atoms with E-state index in [0.29, 0.717) is 12.5 Å². The molecule has 0 aliphatic carbocycles. The van der Waals surface area contributed by atoms with E-state index in [0.717, 1.165) is 19.5 Å². The average molecular weight is 200 g/mol. The van der Waals surface area contributed by atoms with E-state index in [9.17, 15) is 0 Å². The molecular formula is C11H24N2O. The van der Waals surface area contributed by atoms with Crippen LogP contribution >= 0.6 is 0 Å². The Morgan fingerprint density at radius 1 is 1.57 bits per heavy atom. The van der Waals surface area contributed by atoms with Crippen molar-refractivity contribution in [2.75, 3.05) is 26.2 Å². The zero-order valence-corrected chi connectivity index (χ0v) is 9.45. The van der Waals surface area contributed by atoms with Crippen LogP contribution in [-0.2, 0) is 0 Å². The van der Waals surface area contributed by atoms with Crippen LogP contribution in [-0.4, -0.2) is 42.3 Å². The number of aliphatic hydroxyl groups excluding tert-OH is 1. The molecule has 0 radical (unpaired) electrons. The van der Waals surface area contributed by atoms with E-state index in [1.165, 1.54) is 0 Å². The summed E-state index contributed by atoms with van der Waals surface area (Å²) in [6.45, 7) is 10.5. The third kappa shape index (κ3) is 5.37. The van der Waals surface area contributed by atoms with Gasteiger partial charge in [-0.3, -0.25) is 4.90 Å². The van der Waals surface area contributed by atoms with Crippen molar-refractivity contribution in [3.63, 3.8) is 0 Å². The fourth-order valence-corrected chi connectivity index (χ4v) is 1.36. The third-order valence-corrected chi connectivity index (χ3v) is 2.65. The lowest BCUT2D eigenvalue weighted by molar-refractivity contribution is 0.190. The van der Waals surface area contributed by atoms with Crippen molar-refractivity contribution in [1.29, 1.82) is 0 Å². The second kappa shape index (κ2) is 7.97. The van der Waals surface area contributed by atoms with E-state index in [4.69, 9.17) is 10.8 Å². The molecule has 3 heteroatoms. The minimum Gasteiger partial charge on any atom is -0.395 e. The van der Waals surface area contributed by atoms with E-state index in [2.05, 4.69) is 25.3 Å². The lowest BCUT2D eigenvalue weighted by Crippen LogP contribution is -2.42. The lowest BCUT2D eigenvalue weighted by Gasteiger charge is -2.26. The summed E-state index contributed by atoms with van der Waals surface area (Å²) in [5.41, 5.74) is 6.03. The molecule has 84 valence electrons. The van der Waals surface area contributed by atoms with Crippen LogP contribution < -0.4 is 5.73 Å². The molecule has 0 heterocycles. The quantitative estimate of drug-likeness (QED) is 0.571. The standard InChI is InChI=1S/C11H24N2O/c1-4-6-13(7-8-14)9-11(12)10(3)5-2/h4,10-11,14H,1,5-9,12H2,2-3H3. The monoisotopic (exact) mass is 200 g/mol. The molecule has 0 aliphatic rings. The lowest BCUT2D eigenvalue weighted by atomic mass is 10.00. The van der Waals surface area contributed by atoms with Crippen molar-refractivity contribution in [2.45, 2.75) is 26.3 Å². The molecule has 0 aliphatic heterocycles. The first-order valence-corrected chi connectivity index (χ1v) is 5.35. The molecule has 0 fully saturated rings. The highest BCUT2D eigenvalue weighted by molar-refractivity contribution is 4.78. The summed E-state index contributed by atoms with van der Waals surface area (Å²) in [5.74, 6) is 0.529. The van der Waals surface area contributed by atoms with Crippen LogP contribution in [0.3, 0.4) is 0 Å². The smallest absolute Gasteiger partial charge is 0.0558 e. The minimum atomic E-state index is 0.182. The van der Waals surface area contributed by atoms with Crippen molar-refractivity contribution >= 4 is 0 Å². The van der Waals surface area contributed by atoms with E-state index in [1.807, 2.05) is 6.08 Å². The highest BCUT2D eigenvalue weighted by atomic mass is 16.3. The van der Waals surface area contributed by atoms with Gasteiger partial charge in [0.1, 0.15) is 0 Å². The van der Waals surface area contributed by atoms with Gasteiger partial charge in [0.15, 0.2) is 0 Å². The molecular weight excluding hydrogens is 176 g/mol. The van der Waals surface area contributed by atoms with Crippen LogP contribution in [0.15, 0.2) is 12.7 Å². The Morgan fingerprint density at radius 2 is 2.21 bits per heavy atom. The summed E-state index contributed by atoms with van der Waals surface area (Å²) in [5, 5.41) is 8.86. The van der Waals surface area contributed by atoms with Crippen molar-refractivity contribution in [3.8, 4) is 0 Å². The van der Waals surface area contributed by atoms with E-state index < -0.39 is 0 Å². The van der Waals surface area contributed by atoms with E-state index >= 15 is 0 Å². The number of hydrogen-bond acceptors (Lipinski definition) is 3. The van der Waals surface area contributed by atoms with Gasteiger partial charge in [-0.15, -0.1) is 6.58 Å². The van der Waals surface area contributed by atoms with E-state index in [-0.39, 0.29) is 12.6 Å². The van der Waals surface area contributed by atoms with Crippen molar-refractivity contribution < 1.29 is 5.11 Å². The molecule has 14 heavy (non-hydrogen) atoms. The normalized spacial score (nSPS) is 15.5. The van der Waals surface area contributed by atoms with Crippen LogP contribution in [0.5, 0.6) is 0 Å². The summed E-state index contributed by atoms with van der Waals surface area (Å²) in [6, 6.07) is 0.187. The summed E-state index contributed by atoms with van der Waals surface area (Å²) >= 11 is 0. The molecule has 0 aromatic carbocycles. The number of hydrogen-bond donors (Lipinski definition) is 2. The van der Waals surface area contributed by atoms with Gasteiger partial charge in [0.2, 0.25) is 0 Å². The first-order valence-electron chi connectivity index (χ1n) is 5.35. The second-order valence-electron chi connectivity index (χ2n) is 3.82. The maximum absolute atomic E-state index is 8.86. The van der Waals surface area contributed by atoms with Gasteiger partial charge < -0.3 is 10.8 Å². The van der Waals surface area contributed by atoms with Gasteiger partial charge in [-0.1, -0.05) is 26.3 Å². The number of rotatable bonds is 8. The first kappa shape index (κ1) is 13.6. The zero-order valence-electron chi connectivity index (χ0n) is 9.45. The summed E-state index contributed by atoms with van der Waals surface area (Å²) in [6.07, 6.45) is 2.95. The van der Waals surface area contributed by atoms with E-state index in [1.54, 1.807) is 0 Å². The molecule has 0 rings (SSSR count). The highest BCUT2D eigenvalue weighted by Gasteiger charge is 2.14. The van der Waals surface area contributed by atoms with Crippen LogP contribution in [0.2, 0.25) is 0 Å². The topological polar surface area (TPSA) is 49.5 Å². The molecule has 0 aromatic rings. The summed E-state index contributed by atoms with van der Waals surface area (Å²) < 4.78 is 0. The molecule has 0 spiro atoms. The van der Waals surface area contributed by atoms with Gasteiger partial charge >= 0.3 is 0 Å². The summed E-state index contributed by atoms with van der Waals surface area (Å²) in [7, 11) is 0. The molecule has 0 aromatic heterocycles. The number of aliphatic hydroxyl groups is 1. The van der Waals surface area contributed by atoms with Crippen LogP contribution in [0.1, 0.15) is 20.3 Å². The Morgan fingerprint density at radius 3 is 2.64 bits per heavy atom. The molecule has 2 atom stereocenters. The molecule has 3 nitrogen and oxygen atoms in total. The molecule has 0 amide bonds. The Bertz CT molecular complexity index is 150. The molecule has 2 unspecified atom stereocenters. The number of nitrogens with two attached hydrogens (primary N) is 1. The predicted molar refractivity (Wildman–Crippen MR) is 61.2 cm³/mol. The van der Waals surface area contributed by atoms with Gasteiger partial charge in [0, 0.05) is 25.7 Å². The largest absolute Gasteiger partial charge is 0.395 e. The average Bonchev–Trinajstić information content (AvgIpc) is 2.17. The maximum atomic E-state index is 8.86. The molecule has 0 saturated carbocycles. The Balaban J connectivity index is 3.93. The predicted octanol–water partition coefficient (Wildman–Crippen LogP) is 0.840. The molecule has 0 bridgehead atoms. The van der Waals surface area contributed by atoms with Gasteiger partial charge in [-0.25, -0.2) is 0 Å². The highest BCUT2D eigenvalue weighted by Crippen LogP contribution is 2.06. The third-order valence-electron chi connectivity index (χ3n) is 2.65. The van der Waals surface area contributed by atoms with Gasteiger partial charge in [-0.2, -0.15) is 0 Å². The Hall–Kier alpha value is -0.380. The zero-order chi connectivity index (χ0) is 11.0. The van der Waals surface area contributed by atoms with Crippen molar-refractivity contribution in [2.24, 2.45) is 11.7 Å². The maximum Gasteiger partial charge on any atom is 0.0558 e. The summed E-state index contributed by atoms with van der Waals surface area (Å²) in [4.78, 5) is 2.13. The fraction of sp³-hybridized carbons (Fsp3) is 0.818. The second-order valence-corrected chi connectivity index (χ2v) is 3.82. The Kier molecular flexibility index (Phi) is 7.76. The molecule has 3 N–H and O–H groups in total. The van der Waals surface area contributed by atoms with Crippen molar-refractivity contribution in [3.05, 3.63) is 12.7 Å². The van der Waals surface area contributed by atoms with Crippen LogP contribution in [0.25, 0.3) is 0 Å². The Labute approximate surface area is 87.6 Å². The number of nitrogens with zero attached hydrogens (tertiary/aromatic N) is 1. The van der Waals surface area contributed by atoms with Crippen LogP contribution in [0.4, 0.5) is 0 Å². The SMILES string of the molecule is C=CCN(CCO)CC(N)C(C)CC. The van der Waals surface area contributed by atoms with Gasteiger partial charge in [0.25, 0.3) is 0 Å². The fourth-order valence-electron chi connectivity index (χ4n) is 1.36.